The van der Waals surface area contributed by atoms with Gasteiger partial charge in [-0.25, -0.2) is 0 Å². The van der Waals surface area contributed by atoms with Crippen molar-refractivity contribution in [2.75, 3.05) is 11.6 Å². The molecule has 0 spiro atoms. The molecule has 1 N–H and O–H groups in total. The number of carbonyl (C=O) groups excluding carboxylic acids is 1. The van der Waals surface area contributed by atoms with Gasteiger partial charge in [-0.3, -0.25) is 19.1 Å². The van der Waals surface area contributed by atoms with Gasteiger partial charge >= 0.3 is 0 Å². The first-order valence-electron chi connectivity index (χ1n) is 6.39. The maximum atomic E-state index is 12.3. The van der Waals surface area contributed by atoms with Crippen molar-refractivity contribution in [2.24, 2.45) is 0 Å². The van der Waals surface area contributed by atoms with E-state index in [2.05, 4.69) is 5.32 Å². The average Bonchev–Trinajstić information content (AvgIpc) is 2.47. The van der Waals surface area contributed by atoms with Crippen molar-refractivity contribution in [1.82, 2.24) is 0 Å². The first kappa shape index (κ1) is 15.8. The van der Waals surface area contributed by atoms with E-state index in [-0.39, 0.29) is 11.3 Å². The number of anilines is 1. The second-order valence-electron chi connectivity index (χ2n) is 4.64. The highest BCUT2D eigenvalue weighted by atomic mass is 32.2. The molecule has 1 amide bonds. The maximum Gasteiger partial charge on any atom is 0.273 e. The van der Waals surface area contributed by atoms with Crippen LogP contribution >= 0.6 is 0 Å². The van der Waals surface area contributed by atoms with E-state index in [0.29, 0.717) is 16.1 Å². The molecule has 7 heteroatoms. The minimum absolute atomic E-state index is 0.101. The van der Waals surface area contributed by atoms with Gasteiger partial charge in [0.25, 0.3) is 11.6 Å². The van der Waals surface area contributed by atoms with Crippen molar-refractivity contribution in [2.45, 2.75) is 11.8 Å². The van der Waals surface area contributed by atoms with Crippen LogP contribution in [-0.2, 0) is 10.8 Å². The van der Waals surface area contributed by atoms with Gasteiger partial charge in [0.15, 0.2) is 0 Å². The number of nitrogens with zero attached hydrogens (tertiary/aromatic N) is 1. The largest absolute Gasteiger partial charge is 0.322 e. The predicted molar refractivity (Wildman–Crippen MR) is 84.6 cm³/mol. The summed E-state index contributed by atoms with van der Waals surface area (Å²) in [7, 11) is -1.15. The van der Waals surface area contributed by atoms with E-state index < -0.39 is 21.6 Å². The van der Waals surface area contributed by atoms with E-state index >= 15 is 0 Å². The van der Waals surface area contributed by atoms with Crippen LogP contribution in [0.1, 0.15) is 15.9 Å². The smallest absolute Gasteiger partial charge is 0.273 e. The molecular weight excluding hydrogens is 304 g/mol. The Morgan fingerprint density at radius 1 is 1.23 bits per heavy atom. The van der Waals surface area contributed by atoms with Crippen molar-refractivity contribution in [3.63, 3.8) is 0 Å². The van der Waals surface area contributed by atoms with Gasteiger partial charge in [-0.05, 0) is 31.2 Å². The van der Waals surface area contributed by atoms with Crippen molar-refractivity contribution >= 4 is 28.1 Å². The van der Waals surface area contributed by atoms with E-state index in [0.717, 1.165) is 0 Å². The van der Waals surface area contributed by atoms with Gasteiger partial charge in [0, 0.05) is 44.8 Å². The monoisotopic (exact) mass is 318 g/mol. The molecule has 0 saturated carbocycles. The third-order valence-corrected chi connectivity index (χ3v) is 4.09. The molecule has 1 atom stereocenters. The van der Waals surface area contributed by atoms with Crippen LogP contribution in [0.2, 0.25) is 0 Å². The zero-order chi connectivity index (χ0) is 16.3. The van der Waals surface area contributed by atoms with Crippen molar-refractivity contribution in [1.29, 1.82) is 0 Å². The Bertz CT molecular complexity index is 774. The van der Waals surface area contributed by atoms with Crippen LogP contribution in [0.3, 0.4) is 0 Å². The Morgan fingerprint density at radius 3 is 2.55 bits per heavy atom. The normalized spacial score (nSPS) is 11.7. The molecule has 0 fully saturated rings. The number of nitro benzene ring substituents is 1. The third kappa shape index (κ3) is 3.37. The third-order valence-electron chi connectivity index (χ3n) is 3.17. The van der Waals surface area contributed by atoms with Crippen LogP contribution < -0.4 is 5.32 Å². The summed E-state index contributed by atoms with van der Waals surface area (Å²) in [6.45, 7) is 1.53. The number of hydrogen-bond acceptors (Lipinski definition) is 4. The summed E-state index contributed by atoms with van der Waals surface area (Å²) in [5, 5.41) is 13.6. The zero-order valence-electron chi connectivity index (χ0n) is 12.0. The van der Waals surface area contributed by atoms with Crippen LogP contribution in [0, 0.1) is 17.0 Å². The Labute approximate surface area is 129 Å². The topological polar surface area (TPSA) is 89.3 Å². The lowest BCUT2D eigenvalue weighted by Gasteiger charge is -2.08. The van der Waals surface area contributed by atoms with Crippen molar-refractivity contribution in [3.05, 3.63) is 63.7 Å². The molecule has 0 heterocycles. The number of nitrogens with one attached hydrogen (secondary N) is 1. The van der Waals surface area contributed by atoms with Gasteiger partial charge in [0.05, 0.1) is 4.92 Å². The molecule has 0 bridgehead atoms. The summed E-state index contributed by atoms with van der Waals surface area (Å²) >= 11 is 0. The molecule has 0 aliphatic rings. The lowest BCUT2D eigenvalue weighted by Crippen LogP contribution is -2.14. The molecule has 114 valence electrons. The molecule has 2 aromatic rings. The summed E-state index contributed by atoms with van der Waals surface area (Å²) in [5.74, 6) is -0.444. The maximum absolute atomic E-state index is 12.3. The SMILES string of the molecule is Cc1c(C(=O)Nc2cccc([S@](C)=O)c2)cccc1[N+](=O)[O-]. The lowest BCUT2D eigenvalue weighted by molar-refractivity contribution is -0.385. The molecule has 22 heavy (non-hydrogen) atoms. The van der Waals surface area contributed by atoms with E-state index in [9.17, 15) is 19.1 Å². The Kier molecular flexibility index (Phi) is 4.67. The van der Waals surface area contributed by atoms with Crippen molar-refractivity contribution < 1.29 is 13.9 Å². The summed E-state index contributed by atoms with van der Waals surface area (Å²) in [6, 6.07) is 11.0. The lowest BCUT2D eigenvalue weighted by atomic mass is 10.1. The fourth-order valence-corrected chi connectivity index (χ4v) is 2.58. The highest BCUT2D eigenvalue weighted by Gasteiger charge is 2.18. The van der Waals surface area contributed by atoms with Crippen LogP contribution in [-0.4, -0.2) is 21.3 Å². The summed E-state index contributed by atoms with van der Waals surface area (Å²) < 4.78 is 11.5. The number of benzene rings is 2. The fourth-order valence-electron chi connectivity index (χ4n) is 2.02. The number of carbonyl (C=O) groups is 1. The first-order valence-corrected chi connectivity index (χ1v) is 7.95. The highest BCUT2D eigenvalue weighted by Crippen LogP contribution is 2.22. The molecule has 0 radical (unpaired) electrons. The minimum atomic E-state index is -1.15. The summed E-state index contributed by atoms with van der Waals surface area (Å²) in [5.41, 5.74) is 0.928. The molecule has 6 nitrogen and oxygen atoms in total. The van der Waals surface area contributed by atoms with Crippen LogP contribution in [0.15, 0.2) is 47.4 Å². The second kappa shape index (κ2) is 6.48. The summed E-state index contributed by atoms with van der Waals surface area (Å²) in [4.78, 5) is 23.3. The number of hydrogen-bond donors (Lipinski definition) is 1. The molecular formula is C15H14N2O4S. The van der Waals surface area contributed by atoms with E-state index in [1.165, 1.54) is 25.1 Å². The van der Waals surface area contributed by atoms with Gasteiger partial charge in [-0.2, -0.15) is 0 Å². The first-order chi connectivity index (χ1) is 10.4. The summed E-state index contributed by atoms with van der Waals surface area (Å²) in [6.07, 6.45) is 1.55. The molecule has 0 aromatic heterocycles. The van der Waals surface area contributed by atoms with Gasteiger partial charge in [-0.1, -0.05) is 12.1 Å². The van der Waals surface area contributed by atoms with E-state index in [4.69, 9.17) is 0 Å². The average molecular weight is 318 g/mol. The van der Waals surface area contributed by atoms with Gasteiger partial charge in [0.2, 0.25) is 0 Å². The zero-order valence-corrected chi connectivity index (χ0v) is 12.8. The van der Waals surface area contributed by atoms with Crippen LogP contribution in [0.5, 0.6) is 0 Å². The Morgan fingerprint density at radius 2 is 1.91 bits per heavy atom. The molecule has 0 aliphatic heterocycles. The molecule has 2 rings (SSSR count). The molecule has 0 saturated heterocycles. The van der Waals surface area contributed by atoms with E-state index in [1.54, 1.807) is 30.5 Å². The molecule has 0 aliphatic carbocycles. The minimum Gasteiger partial charge on any atom is -0.322 e. The standard InChI is InChI=1S/C15H14N2O4S/c1-10-13(7-4-8-14(10)17(19)20)15(18)16-11-5-3-6-12(9-11)22(2)21/h3-9H,1-2H3,(H,16,18)/t22-/m0/s1. The highest BCUT2D eigenvalue weighted by molar-refractivity contribution is 7.84. The van der Waals surface area contributed by atoms with Gasteiger partial charge in [0.1, 0.15) is 0 Å². The Hall–Kier alpha value is -2.54. The molecule has 0 unspecified atom stereocenters. The second-order valence-corrected chi connectivity index (χ2v) is 6.02. The number of amides is 1. The van der Waals surface area contributed by atoms with Crippen LogP contribution in [0.25, 0.3) is 0 Å². The number of nitro groups is 1. The van der Waals surface area contributed by atoms with Crippen LogP contribution in [0.4, 0.5) is 11.4 Å². The molecule has 2 aromatic carbocycles. The van der Waals surface area contributed by atoms with E-state index in [1.807, 2.05) is 0 Å². The predicted octanol–water partition coefficient (Wildman–Crippen LogP) is 2.89. The number of rotatable bonds is 4. The quantitative estimate of drug-likeness (QED) is 0.693. The fraction of sp³-hybridized carbons (Fsp3) is 0.133. The van der Waals surface area contributed by atoms with Gasteiger partial charge in [-0.15, -0.1) is 0 Å². The van der Waals surface area contributed by atoms with Crippen molar-refractivity contribution in [3.8, 4) is 0 Å². The Balaban J connectivity index is 2.30. The van der Waals surface area contributed by atoms with Gasteiger partial charge < -0.3 is 5.32 Å².